The molecule has 0 spiro atoms. The Balaban J connectivity index is 1.16. The van der Waals surface area contributed by atoms with Gasteiger partial charge >= 0.3 is 0 Å². The van der Waals surface area contributed by atoms with Crippen LogP contribution in [0.2, 0.25) is 0 Å². The summed E-state index contributed by atoms with van der Waals surface area (Å²) < 4.78 is 6.80. The van der Waals surface area contributed by atoms with E-state index in [-0.39, 0.29) is 0 Å². The molecule has 3 heteroatoms. The highest BCUT2D eigenvalue weighted by molar-refractivity contribution is 6.12. The average Bonchev–Trinajstić information content (AvgIpc) is 3.77. The first kappa shape index (κ1) is 31.3. The first-order valence-corrected chi connectivity index (χ1v) is 18.8. The smallest absolute Gasteiger partial charge is 0.177 e. The van der Waals surface area contributed by atoms with E-state index in [1.807, 2.05) is 6.20 Å². The van der Waals surface area contributed by atoms with E-state index in [0.29, 0.717) is 0 Å². The number of nitrogens with zero attached hydrogens (tertiary/aromatic N) is 2. The predicted octanol–water partition coefficient (Wildman–Crippen LogP) is 13.6. The van der Waals surface area contributed by atoms with Crippen LogP contribution in [0.4, 0.5) is 17.1 Å². The Morgan fingerprint density at radius 3 is 1.76 bits per heavy atom. The van der Waals surface area contributed by atoms with Gasteiger partial charge in [0.2, 0.25) is 0 Å². The van der Waals surface area contributed by atoms with Crippen molar-refractivity contribution in [2.75, 3.05) is 4.90 Å². The van der Waals surface area contributed by atoms with Crippen LogP contribution in [0.1, 0.15) is 22.3 Å². The molecule has 0 radical (unpaired) electrons. The van der Waals surface area contributed by atoms with Gasteiger partial charge in [-0.2, -0.15) is 0 Å². The van der Waals surface area contributed by atoms with Crippen LogP contribution in [0, 0.1) is 0 Å². The Hall–Kier alpha value is -7.23. The van der Waals surface area contributed by atoms with Gasteiger partial charge in [0.25, 0.3) is 0 Å². The zero-order chi connectivity index (χ0) is 36.3. The molecule has 0 aliphatic heterocycles. The van der Waals surface area contributed by atoms with Gasteiger partial charge in [0.1, 0.15) is 11.1 Å². The minimum Gasteiger partial charge on any atom is -0.452 e. The number of fused-ring (bicyclic) bond motifs is 7. The molecule has 0 atom stereocenters. The number of pyridine rings is 1. The second-order valence-corrected chi connectivity index (χ2v) is 14.3. The van der Waals surface area contributed by atoms with Crippen molar-refractivity contribution < 1.29 is 4.42 Å². The maximum absolute atomic E-state index is 6.80. The van der Waals surface area contributed by atoms with Crippen LogP contribution in [0.15, 0.2) is 211 Å². The minimum atomic E-state index is -0.472. The number of furan rings is 1. The third-order valence-corrected chi connectivity index (χ3v) is 11.4. The molecule has 1 aliphatic carbocycles. The van der Waals surface area contributed by atoms with E-state index in [9.17, 15) is 0 Å². The van der Waals surface area contributed by atoms with Gasteiger partial charge in [0, 0.05) is 23.0 Å². The van der Waals surface area contributed by atoms with Crippen molar-refractivity contribution in [3.8, 4) is 22.3 Å². The second-order valence-electron chi connectivity index (χ2n) is 14.3. The SMILES string of the molecule is c1ccc(-c2ccc(N(c3ccc4c(c3)-c3ccccc3C4(c3ccccc3)c3ccccc3)c3ccnc4c3oc3cc5ccccc5cc34)cc2)cc1. The second kappa shape index (κ2) is 12.4. The molecule has 8 aromatic carbocycles. The summed E-state index contributed by atoms with van der Waals surface area (Å²) in [5.41, 5.74) is 14.8. The standard InChI is InChI=1S/C52H34N2O/c1-4-14-35(15-5-1)36-24-26-41(27-25-36)54(48-30-31-53-50-45-32-37-16-10-11-17-38(37)33-49(45)55-51(48)50)42-28-29-47-44(34-42)43-22-12-13-23-46(43)52(47,39-18-6-2-7-19-39)40-20-8-3-9-21-40/h1-34H. The van der Waals surface area contributed by atoms with Crippen LogP contribution in [0.3, 0.4) is 0 Å². The largest absolute Gasteiger partial charge is 0.452 e. The molecule has 0 amide bonds. The highest BCUT2D eigenvalue weighted by Crippen LogP contribution is 2.57. The number of aromatic nitrogens is 1. The summed E-state index contributed by atoms with van der Waals surface area (Å²) in [7, 11) is 0. The van der Waals surface area contributed by atoms with E-state index in [4.69, 9.17) is 9.40 Å². The number of hydrogen-bond acceptors (Lipinski definition) is 3. The number of hydrogen-bond donors (Lipinski definition) is 0. The summed E-state index contributed by atoms with van der Waals surface area (Å²) in [4.78, 5) is 7.24. The van der Waals surface area contributed by atoms with Crippen molar-refractivity contribution in [3.63, 3.8) is 0 Å². The fourth-order valence-electron chi connectivity index (χ4n) is 8.94. The molecule has 0 fully saturated rings. The zero-order valence-corrected chi connectivity index (χ0v) is 29.9. The summed E-state index contributed by atoms with van der Waals surface area (Å²) in [6.07, 6.45) is 1.91. The molecule has 0 bridgehead atoms. The first-order valence-electron chi connectivity index (χ1n) is 18.8. The van der Waals surface area contributed by atoms with E-state index in [0.717, 1.165) is 55.5 Å². The third kappa shape index (κ3) is 4.80. The summed E-state index contributed by atoms with van der Waals surface area (Å²) in [6.45, 7) is 0. The van der Waals surface area contributed by atoms with Gasteiger partial charge in [-0.15, -0.1) is 0 Å². The van der Waals surface area contributed by atoms with Gasteiger partial charge < -0.3 is 9.32 Å². The van der Waals surface area contributed by atoms with Crippen molar-refractivity contribution >= 4 is 49.9 Å². The fraction of sp³-hybridized carbons (Fsp3) is 0.0192. The van der Waals surface area contributed by atoms with Gasteiger partial charge in [0.15, 0.2) is 5.58 Å². The Kier molecular flexibility index (Phi) is 7.08. The lowest BCUT2D eigenvalue weighted by atomic mass is 9.68. The highest BCUT2D eigenvalue weighted by atomic mass is 16.3. The number of anilines is 3. The summed E-state index contributed by atoms with van der Waals surface area (Å²) in [6, 6.07) is 72.0. The van der Waals surface area contributed by atoms with E-state index >= 15 is 0 Å². The molecule has 0 saturated carbocycles. The topological polar surface area (TPSA) is 29.3 Å². The summed E-state index contributed by atoms with van der Waals surface area (Å²) >= 11 is 0. The van der Waals surface area contributed by atoms with Crippen LogP contribution in [-0.4, -0.2) is 4.98 Å². The van der Waals surface area contributed by atoms with Crippen LogP contribution in [0.25, 0.3) is 55.1 Å². The molecule has 2 heterocycles. The molecule has 10 aromatic rings. The zero-order valence-electron chi connectivity index (χ0n) is 29.9. The van der Waals surface area contributed by atoms with E-state index in [2.05, 4.69) is 205 Å². The fourth-order valence-corrected chi connectivity index (χ4v) is 8.94. The van der Waals surface area contributed by atoms with E-state index < -0.39 is 5.41 Å². The van der Waals surface area contributed by atoms with Gasteiger partial charge in [-0.1, -0.05) is 158 Å². The Morgan fingerprint density at radius 2 is 1.04 bits per heavy atom. The lowest BCUT2D eigenvalue weighted by Crippen LogP contribution is -2.28. The van der Waals surface area contributed by atoms with Gasteiger partial charge in [-0.05, 0) is 97.7 Å². The Labute approximate surface area is 319 Å². The van der Waals surface area contributed by atoms with Gasteiger partial charge in [-0.3, -0.25) is 4.98 Å². The molecule has 2 aromatic heterocycles. The van der Waals surface area contributed by atoms with Gasteiger partial charge in [-0.25, -0.2) is 0 Å². The quantitative estimate of drug-likeness (QED) is 0.173. The molecule has 11 rings (SSSR count). The molecule has 258 valence electrons. The molecular weight excluding hydrogens is 669 g/mol. The van der Waals surface area contributed by atoms with Crippen molar-refractivity contribution in [1.82, 2.24) is 4.98 Å². The van der Waals surface area contributed by atoms with Crippen LogP contribution < -0.4 is 4.90 Å². The maximum atomic E-state index is 6.80. The van der Waals surface area contributed by atoms with Crippen molar-refractivity contribution in [2.45, 2.75) is 5.41 Å². The molecule has 55 heavy (non-hydrogen) atoms. The number of rotatable bonds is 6. The normalized spacial score (nSPS) is 12.9. The summed E-state index contributed by atoms with van der Waals surface area (Å²) in [5, 5.41) is 3.31. The minimum absolute atomic E-state index is 0.472. The molecule has 0 unspecified atom stereocenters. The van der Waals surface area contributed by atoms with Crippen molar-refractivity contribution in [3.05, 3.63) is 229 Å². The average molecular weight is 703 g/mol. The first-order chi connectivity index (χ1) is 27.3. The molecular formula is C52H34N2O. The summed E-state index contributed by atoms with van der Waals surface area (Å²) in [5.74, 6) is 0. The van der Waals surface area contributed by atoms with Gasteiger partial charge in [0.05, 0.1) is 11.1 Å². The van der Waals surface area contributed by atoms with E-state index in [1.165, 1.54) is 38.9 Å². The Morgan fingerprint density at radius 1 is 0.455 bits per heavy atom. The third-order valence-electron chi connectivity index (χ3n) is 11.4. The molecule has 1 aliphatic rings. The maximum Gasteiger partial charge on any atom is 0.177 e. The lowest BCUT2D eigenvalue weighted by Gasteiger charge is -2.34. The molecule has 0 saturated heterocycles. The highest BCUT2D eigenvalue weighted by Gasteiger charge is 2.46. The Bertz CT molecular complexity index is 2980. The van der Waals surface area contributed by atoms with Crippen molar-refractivity contribution in [1.29, 1.82) is 0 Å². The molecule has 3 nitrogen and oxygen atoms in total. The van der Waals surface area contributed by atoms with Crippen LogP contribution in [-0.2, 0) is 5.41 Å². The number of benzene rings is 8. The van der Waals surface area contributed by atoms with Crippen molar-refractivity contribution in [2.24, 2.45) is 0 Å². The van der Waals surface area contributed by atoms with Crippen LogP contribution in [0.5, 0.6) is 0 Å². The van der Waals surface area contributed by atoms with E-state index in [1.54, 1.807) is 0 Å². The lowest BCUT2D eigenvalue weighted by molar-refractivity contribution is 0.669. The molecule has 0 N–H and O–H groups in total. The predicted molar refractivity (Wildman–Crippen MR) is 226 cm³/mol. The monoisotopic (exact) mass is 702 g/mol. The van der Waals surface area contributed by atoms with Crippen LogP contribution >= 0.6 is 0 Å².